The maximum Gasteiger partial charge on any atom is 0.270 e. The van der Waals surface area contributed by atoms with Crippen molar-refractivity contribution in [1.29, 1.82) is 0 Å². The number of hydrogen-bond acceptors (Lipinski definition) is 6. The van der Waals surface area contributed by atoms with E-state index in [2.05, 4.69) is 10.6 Å². The summed E-state index contributed by atoms with van der Waals surface area (Å²) in [6.07, 6.45) is 2.96. The molecule has 1 fully saturated rings. The zero-order valence-corrected chi connectivity index (χ0v) is 23.3. The number of nitrogens with one attached hydrogen (secondary N) is 2. The van der Waals surface area contributed by atoms with Crippen molar-refractivity contribution in [2.75, 3.05) is 30.3 Å². The number of rotatable bonds is 7. The maximum absolute atomic E-state index is 13.3. The second kappa shape index (κ2) is 11.1. The van der Waals surface area contributed by atoms with Crippen LogP contribution in [0.25, 0.3) is 11.3 Å². The summed E-state index contributed by atoms with van der Waals surface area (Å²) in [5, 5.41) is 17.9. The number of anilines is 2. The number of nitrogens with zero attached hydrogens (tertiary/aromatic N) is 3. The van der Waals surface area contributed by atoms with E-state index in [9.17, 15) is 24.5 Å². The molecule has 6 rings (SSSR count). The molecule has 3 amide bonds. The van der Waals surface area contributed by atoms with Crippen LogP contribution in [0.1, 0.15) is 47.6 Å². The number of fused-ring (bicyclic) bond motifs is 2. The van der Waals surface area contributed by atoms with E-state index in [4.69, 9.17) is 0 Å². The van der Waals surface area contributed by atoms with Crippen LogP contribution in [0.4, 0.5) is 17.1 Å². The molecule has 0 atom stereocenters. The highest BCUT2D eigenvalue weighted by Gasteiger charge is 2.30. The summed E-state index contributed by atoms with van der Waals surface area (Å²) >= 11 is 0. The van der Waals surface area contributed by atoms with E-state index >= 15 is 0 Å². The molecule has 3 aliphatic heterocycles. The number of likely N-dealkylation sites (tertiary alicyclic amines) is 1. The van der Waals surface area contributed by atoms with Crippen molar-refractivity contribution < 1.29 is 19.3 Å². The van der Waals surface area contributed by atoms with Gasteiger partial charge in [-0.3, -0.25) is 24.5 Å². The molecule has 42 heavy (non-hydrogen) atoms. The number of non-ortho nitro benzene ring substituents is 1. The summed E-state index contributed by atoms with van der Waals surface area (Å²) in [5.74, 6) is -0.105. The van der Waals surface area contributed by atoms with Gasteiger partial charge >= 0.3 is 0 Å². The van der Waals surface area contributed by atoms with Gasteiger partial charge in [0, 0.05) is 68.6 Å². The molecule has 0 saturated carbocycles. The summed E-state index contributed by atoms with van der Waals surface area (Å²) in [6, 6.07) is 18.2. The topological polar surface area (TPSA) is 125 Å². The van der Waals surface area contributed by atoms with E-state index in [-0.39, 0.29) is 23.4 Å². The molecule has 214 valence electrons. The minimum Gasteiger partial charge on any atom is -0.354 e. The molecule has 0 aromatic heterocycles. The van der Waals surface area contributed by atoms with E-state index in [1.54, 1.807) is 13.0 Å². The monoisotopic (exact) mass is 565 g/mol. The second-order valence-corrected chi connectivity index (χ2v) is 10.9. The van der Waals surface area contributed by atoms with Crippen LogP contribution in [-0.2, 0) is 33.8 Å². The lowest BCUT2D eigenvalue weighted by molar-refractivity contribution is -0.384. The lowest BCUT2D eigenvalue weighted by Gasteiger charge is -2.28. The van der Waals surface area contributed by atoms with E-state index in [0.29, 0.717) is 48.6 Å². The Balaban J connectivity index is 1.36. The molecule has 3 aromatic carbocycles. The van der Waals surface area contributed by atoms with Crippen LogP contribution in [0.3, 0.4) is 0 Å². The molecule has 0 aliphatic carbocycles. The van der Waals surface area contributed by atoms with Crippen molar-refractivity contribution in [3.8, 4) is 0 Å². The fraction of sp³-hybridized carbons (Fsp3) is 0.281. The van der Waals surface area contributed by atoms with Crippen molar-refractivity contribution in [2.45, 2.75) is 39.2 Å². The van der Waals surface area contributed by atoms with E-state index in [1.165, 1.54) is 12.1 Å². The van der Waals surface area contributed by atoms with Gasteiger partial charge in [0.05, 0.1) is 16.2 Å². The molecule has 0 spiro atoms. The first-order chi connectivity index (χ1) is 20.3. The molecule has 3 aliphatic rings. The minimum atomic E-state index is -0.471. The number of nitro benzene ring substituents is 1. The van der Waals surface area contributed by atoms with Gasteiger partial charge in [0.25, 0.3) is 11.6 Å². The summed E-state index contributed by atoms with van der Waals surface area (Å²) in [4.78, 5) is 52.0. The quantitative estimate of drug-likeness (QED) is 0.245. The Morgan fingerprint density at radius 2 is 1.81 bits per heavy atom. The fourth-order valence-electron chi connectivity index (χ4n) is 5.88. The molecular formula is C32H31N5O5. The average molecular weight is 566 g/mol. The zero-order valence-electron chi connectivity index (χ0n) is 23.3. The van der Waals surface area contributed by atoms with Crippen LogP contribution >= 0.6 is 0 Å². The van der Waals surface area contributed by atoms with Crippen molar-refractivity contribution in [3.05, 3.63) is 98.6 Å². The normalized spacial score (nSPS) is 17.1. The lowest BCUT2D eigenvalue weighted by Crippen LogP contribution is -2.34. The Hall–Kier alpha value is -4.99. The van der Waals surface area contributed by atoms with E-state index in [1.807, 2.05) is 52.3 Å². The van der Waals surface area contributed by atoms with Gasteiger partial charge in [0.15, 0.2) is 0 Å². The average Bonchev–Trinajstić information content (AvgIpc) is 3.55. The first kappa shape index (κ1) is 27.2. The van der Waals surface area contributed by atoms with Crippen molar-refractivity contribution in [3.63, 3.8) is 0 Å². The summed E-state index contributed by atoms with van der Waals surface area (Å²) in [7, 11) is 0. The van der Waals surface area contributed by atoms with Crippen LogP contribution in [0, 0.1) is 10.1 Å². The molecule has 0 unspecified atom stereocenters. The highest BCUT2D eigenvalue weighted by molar-refractivity contribution is 6.37. The van der Waals surface area contributed by atoms with Crippen LogP contribution in [0.15, 0.2) is 60.7 Å². The maximum atomic E-state index is 13.3. The molecule has 0 bridgehead atoms. The largest absolute Gasteiger partial charge is 0.354 e. The Bertz CT molecular complexity index is 1650. The van der Waals surface area contributed by atoms with Gasteiger partial charge in [0.2, 0.25) is 11.8 Å². The molecule has 3 heterocycles. The van der Waals surface area contributed by atoms with Crippen LogP contribution in [0.2, 0.25) is 0 Å². The van der Waals surface area contributed by atoms with Crippen molar-refractivity contribution >= 4 is 46.1 Å². The second-order valence-electron chi connectivity index (χ2n) is 10.9. The van der Waals surface area contributed by atoms with Crippen LogP contribution in [-0.4, -0.2) is 52.1 Å². The third-order valence-corrected chi connectivity index (χ3v) is 8.23. The Morgan fingerprint density at radius 3 is 2.52 bits per heavy atom. The van der Waals surface area contributed by atoms with E-state index in [0.717, 1.165) is 53.7 Å². The molecular weight excluding hydrogens is 534 g/mol. The molecule has 10 nitrogen and oxygen atoms in total. The van der Waals surface area contributed by atoms with Gasteiger partial charge in [0.1, 0.15) is 0 Å². The summed E-state index contributed by atoms with van der Waals surface area (Å²) < 4.78 is 0. The zero-order chi connectivity index (χ0) is 29.4. The molecule has 1 saturated heterocycles. The van der Waals surface area contributed by atoms with Gasteiger partial charge < -0.3 is 20.4 Å². The number of benzene rings is 3. The predicted molar refractivity (Wildman–Crippen MR) is 159 cm³/mol. The predicted octanol–water partition coefficient (Wildman–Crippen LogP) is 4.60. The first-order valence-corrected chi connectivity index (χ1v) is 14.1. The van der Waals surface area contributed by atoms with Gasteiger partial charge in [-0.15, -0.1) is 0 Å². The first-order valence-electron chi connectivity index (χ1n) is 14.1. The standard InChI is InChI=1S/C32H31N5O5/c1-20(38)36-16-13-23-17-25(9-8-24(23)19-36)33-31(30-27-18-26(37(41)42)10-11-28(27)34-32(30)40)22-6-4-21(5-7-22)12-15-35-14-2-3-29(35)39/h4-11,17-18,33H,2-3,12-16,19H2,1H3,(H,34,40). The molecule has 2 N–H and O–H groups in total. The van der Waals surface area contributed by atoms with Gasteiger partial charge in [-0.05, 0) is 59.7 Å². The highest BCUT2D eigenvalue weighted by atomic mass is 16.6. The highest BCUT2D eigenvalue weighted by Crippen LogP contribution is 2.39. The lowest BCUT2D eigenvalue weighted by atomic mass is 9.97. The summed E-state index contributed by atoms with van der Waals surface area (Å²) in [6.45, 7) is 4.24. The number of amides is 3. The Kier molecular flexibility index (Phi) is 7.20. The van der Waals surface area contributed by atoms with Crippen molar-refractivity contribution in [2.24, 2.45) is 0 Å². The van der Waals surface area contributed by atoms with E-state index < -0.39 is 4.92 Å². The number of carbonyl (C=O) groups is 3. The van der Waals surface area contributed by atoms with Crippen LogP contribution < -0.4 is 10.6 Å². The van der Waals surface area contributed by atoms with Gasteiger partial charge in [-0.2, -0.15) is 0 Å². The van der Waals surface area contributed by atoms with Gasteiger partial charge in [-0.1, -0.05) is 30.3 Å². The minimum absolute atomic E-state index is 0.0466. The van der Waals surface area contributed by atoms with Gasteiger partial charge in [-0.25, -0.2) is 0 Å². The smallest absolute Gasteiger partial charge is 0.270 e. The van der Waals surface area contributed by atoms with Crippen LogP contribution in [0.5, 0.6) is 0 Å². The number of hydrogen-bond donors (Lipinski definition) is 2. The Labute approximate surface area is 243 Å². The third-order valence-electron chi connectivity index (χ3n) is 8.23. The third kappa shape index (κ3) is 5.35. The Morgan fingerprint density at radius 1 is 1.00 bits per heavy atom. The number of carbonyl (C=O) groups excluding carboxylic acids is 3. The fourth-order valence-corrected chi connectivity index (χ4v) is 5.88. The SMILES string of the molecule is CC(=O)N1CCc2cc(NC(=C3C(=O)Nc4ccc([N+](=O)[O-])cc43)c3ccc(CCN4CCCC4=O)cc3)ccc2C1. The molecule has 0 radical (unpaired) electrons. The van der Waals surface area contributed by atoms with Crippen molar-refractivity contribution in [1.82, 2.24) is 9.80 Å². The number of nitro groups is 1. The molecule has 10 heteroatoms. The summed E-state index contributed by atoms with van der Waals surface area (Å²) in [5.41, 5.74) is 6.54. The molecule has 3 aromatic rings.